The van der Waals surface area contributed by atoms with Gasteiger partial charge in [0.2, 0.25) is 0 Å². The van der Waals surface area contributed by atoms with Gasteiger partial charge < -0.3 is 15.4 Å². The second-order valence-electron chi connectivity index (χ2n) is 8.46. The zero-order valence-electron chi connectivity index (χ0n) is 20.5. The first-order valence-corrected chi connectivity index (χ1v) is 12.7. The maximum absolute atomic E-state index is 13.2. The number of para-hydroxylation sites is 1. The number of carbonyl (C=O) groups excluding carboxylic acids is 3. The SMILES string of the molecule is CCCCOc1ccc(NC(=O)C(=O)Nn2c(C(=O)Nc3ccccc3C)cc3cc(Br)ccc32)cc1. The lowest BCUT2D eigenvalue weighted by molar-refractivity contribution is -0.133. The fourth-order valence-electron chi connectivity index (χ4n) is 3.68. The number of hydrogen-bond acceptors (Lipinski definition) is 4. The first kappa shape index (κ1) is 26.0. The third kappa shape index (κ3) is 6.37. The van der Waals surface area contributed by atoms with E-state index in [1.54, 1.807) is 48.5 Å². The van der Waals surface area contributed by atoms with Crippen LogP contribution in [0.3, 0.4) is 0 Å². The molecule has 9 heteroatoms. The summed E-state index contributed by atoms with van der Waals surface area (Å²) in [7, 11) is 0. The maximum Gasteiger partial charge on any atom is 0.328 e. The van der Waals surface area contributed by atoms with Crippen molar-refractivity contribution in [3.8, 4) is 5.75 Å². The third-order valence-electron chi connectivity index (χ3n) is 5.69. The summed E-state index contributed by atoms with van der Waals surface area (Å²) in [5, 5.41) is 6.16. The molecular formula is C28H27BrN4O4. The molecule has 0 bridgehead atoms. The molecule has 1 aromatic heterocycles. The summed E-state index contributed by atoms with van der Waals surface area (Å²) >= 11 is 3.43. The number of rotatable bonds is 8. The fourth-order valence-corrected chi connectivity index (χ4v) is 4.06. The number of nitrogens with one attached hydrogen (secondary N) is 3. The van der Waals surface area contributed by atoms with Crippen molar-refractivity contribution in [2.75, 3.05) is 22.7 Å². The van der Waals surface area contributed by atoms with Crippen LogP contribution in [-0.2, 0) is 9.59 Å². The normalized spacial score (nSPS) is 10.7. The van der Waals surface area contributed by atoms with Gasteiger partial charge in [-0.25, -0.2) is 4.68 Å². The number of aryl methyl sites for hydroxylation is 1. The molecule has 37 heavy (non-hydrogen) atoms. The molecule has 4 aromatic rings. The molecule has 3 amide bonds. The molecule has 0 fully saturated rings. The molecule has 190 valence electrons. The van der Waals surface area contributed by atoms with Crippen LogP contribution in [-0.4, -0.2) is 29.0 Å². The molecule has 1 heterocycles. The zero-order valence-corrected chi connectivity index (χ0v) is 22.1. The molecular weight excluding hydrogens is 536 g/mol. The molecule has 0 unspecified atom stereocenters. The van der Waals surface area contributed by atoms with Crippen LogP contribution in [0.4, 0.5) is 11.4 Å². The van der Waals surface area contributed by atoms with Crippen molar-refractivity contribution in [2.45, 2.75) is 26.7 Å². The minimum absolute atomic E-state index is 0.172. The van der Waals surface area contributed by atoms with Crippen molar-refractivity contribution in [1.29, 1.82) is 0 Å². The molecule has 0 radical (unpaired) electrons. The number of benzene rings is 3. The molecule has 0 saturated heterocycles. The van der Waals surface area contributed by atoms with Crippen LogP contribution in [0.2, 0.25) is 0 Å². The lowest BCUT2D eigenvalue weighted by Crippen LogP contribution is -2.36. The van der Waals surface area contributed by atoms with Crippen LogP contribution in [0.1, 0.15) is 35.8 Å². The highest BCUT2D eigenvalue weighted by atomic mass is 79.9. The van der Waals surface area contributed by atoms with Gasteiger partial charge in [0.25, 0.3) is 5.91 Å². The van der Waals surface area contributed by atoms with Crippen LogP contribution in [0, 0.1) is 6.92 Å². The van der Waals surface area contributed by atoms with Gasteiger partial charge in [-0.15, -0.1) is 0 Å². The summed E-state index contributed by atoms with van der Waals surface area (Å²) in [4.78, 5) is 38.7. The Morgan fingerprint density at radius 1 is 0.919 bits per heavy atom. The number of fused-ring (bicyclic) bond motifs is 1. The topological polar surface area (TPSA) is 101 Å². The van der Waals surface area contributed by atoms with E-state index >= 15 is 0 Å². The van der Waals surface area contributed by atoms with Gasteiger partial charge in [0.1, 0.15) is 11.4 Å². The summed E-state index contributed by atoms with van der Waals surface area (Å²) in [5.74, 6) is -1.54. The van der Waals surface area contributed by atoms with Gasteiger partial charge in [0, 0.05) is 21.2 Å². The number of anilines is 2. The highest BCUT2D eigenvalue weighted by Gasteiger charge is 2.21. The summed E-state index contributed by atoms with van der Waals surface area (Å²) in [6.07, 6.45) is 1.99. The van der Waals surface area contributed by atoms with E-state index in [0.717, 1.165) is 22.9 Å². The smallest absolute Gasteiger partial charge is 0.328 e. The molecule has 0 spiro atoms. The van der Waals surface area contributed by atoms with Crippen LogP contribution in [0.25, 0.3) is 10.9 Å². The van der Waals surface area contributed by atoms with Crippen LogP contribution in [0.5, 0.6) is 5.75 Å². The number of aromatic nitrogens is 1. The number of carbonyl (C=O) groups is 3. The molecule has 3 N–H and O–H groups in total. The highest BCUT2D eigenvalue weighted by Crippen LogP contribution is 2.24. The van der Waals surface area contributed by atoms with Crippen LogP contribution >= 0.6 is 15.9 Å². The van der Waals surface area contributed by atoms with E-state index in [-0.39, 0.29) is 5.69 Å². The second kappa shape index (κ2) is 11.7. The summed E-state index contributed by atoms with van der Waals surface area (Å²) in [6.45, 7) is 4.59. The summed E-state index contributed by atoms with van der Waals surface area (Å²) in [6, 6.07) is 21.2. The minimum atomic E-state index is -0.923. The number of halogens is 1. The first-order valence-electron chi connectivity index (χ1n) is 11.9. The molecule has 0 aliphatic heterocycles. The lowest BCUT2D eigenvalue weighted by atomic mass is 10.2. The monoisotopic (exact) mass is 562 g/mol. The minimum Gasteiger partial charge on any atom is -0.494 e. The van der Waals surface area contributed by atoms with E-state index in [1.165, 1.54) is 4.68 Å². The third-order valence-corrected chi connectivity index (χ3v) is 6.18. The van der Waals surface area contributed by atoms with Gasteiger partial charge in [-0.05, 0) is 73.5 Å². The Balaban J connectivity index is 1.52. The zero-order chi connectivity index (χ0) is 26.4. The standard InChI is InChI=1S/C28H27BrN4O4/c1-3-4-15-37-22-12-10-21(11-13-22)30-27(35)28(36)32-33-24-14-9-20(29)16-19(24)17-25(33)26(34)31-23-8-6-5-7-18(23)2/h5-14,16-17H,3-4,15H2,1-2H3,(H,30,35)(H,31,34)(H,32,36). The van der Waals surface area contributed by atoms with Gasteiger partial charge in [-0.2, -0.15) is 0 Å². The van der Waals surface area contributed by atoms with E-state index in [9.17, 15) is 14.4 Å². The van der Waals surface area contributed by atoms with E-state index in [1.807, 2.05) is 31.2 Å². The number of nitrogens with zero attached hydrogens (tertiary/aromatic N) is 1. The fraction of sp³-hybridized carbons (Fsp3) is 0.179. The van der Waals surface area contributed by atoms with Crippen molar-refractivity contribution in [1.82, 2.24) is 4.68 Å². The first-order chi connectivity index (χ1) is 17.9. The molecule has 0 aliphatic rings. The Morgan fingerprint density at radius 3 is 2.41 bits per heavy atom. The van der Waals surface area contributed by atoms with Crippen molar-refractivity contribution in [3.05, 3.63) is 88.5 Å². The quantitative estimate of drug-likeness (QED) is 0.185. The predicted molar refractivity (Wildman–Crippen MR) is 149 cm³/mol. The van der Waals surface area contributed by atoms with Gasteiger partial charge in [0.15, 0.2) is 0 Å². The second-order valence-corrected chi connectivity index (χ2v) is 9.37. The van der Waals surface area contributed by atoms with Gasteiger partial charge in [-0.3, -0.25) is 19.8 Å². The number of unbranched alkanes of at least 4 members (excludes halogenated alkanes) is 1. The predicted octanol–water partition coefficient (Wildman–Crippen LogP) is 5.85. The maximum atomic E-state index is 13.2. The number of hydrogen-bond donors (Lipinski definition) is 3. The lowest BCUT2D eigenvalue weighted by Gasteiger charge is -2.13. The number of amides is 3. The average Bonchev–Trinajstić information content (AvgIpc) is 3.23. The number of ether oxygens (including phenoxy) is 1. The molecule has 3 aromatic carbocycles. The Kier molecular flexibility index (Phi) is 8.25. The average molecular weight is 563 g/mol. The largest absolute Gasteiger partial charge is 0.494 e. The Morgan fingerprint density at radius 2 is 1.68 bits per heavy atom. The molecule has 0 saturated carbocycles. The Labute approximate surface area is 223 Å². The van der Waals surface area contributed by atoms with Crippen LogP contribution in [0.15, 0.2) is 77.3 Å². The molecule has 4 rings (SSSR count). The molecule has 0 aliphatic carbocycles. The van der Waals surface area contributed by atoms with Gasteiger partial charge in [0.05, 0.1) is 12.1 Å². The Hall–Kier alpha value is -4.11. The van der Waals surface area contributed by atoms with E-state index in [4.69, 9.17) is 4.74 Å². The van der Waals surface area contributed by atoms with E-state index in [0.29, 0.717) is 34.6 Å². The highest BCUT2D eigenvalue weighted by molar-refractivity contribution is 9.10. The van der Waals surface area contributed by atoms with Crippen molar-refractivity contribution >= 4 is 55.9 Å². The van der Waals surface area contributed by atoms with Crippen molar-refractivity contribution < 1.29 is 19.1 Å². The van der Waals surface area contributed by atoms with Gasteiger partial charge in [-0.1, -0.05) is 47.5 Å². The Bertz CT molecular complexity index is 1450. The van der Waals surface area contributed by atoms with E-state index in [2.05, 4.69) is 38.9 Å². The summed E-state index contributed by atoms with van der Waals surface area (Å²) < 4.78 is 7.76. The molecule has 8 nitrogen and oxygen atoms in total. The van der Waals surface area contributed by atoms with Gasteiger partial charge >= 0.3 is 11.8 Å². The van der Waals surface area contributed by atoms with Crippen molar-refractivity contribution in [3.63, 3.8) is 0 Å². The van der Waals surface area contributed by atoms with Crippen molar-refractivity contribution in [2.24, 2.45) is 0 Å². The van der Waals surface area contributed by atoms with E-state index < -0.39 is 17.7 Å². The molecule has 0 atom stereocenters. The summed E-state index contributed by atoms with van der Waals surface area (Å²) in [5.41, 5.74) is 5.29. The van der Waals surface area contributed by atoms with Crippen LogP contribution < -0.4 is 20.8 Å².